The minimum atomic E-state index is -3.23. The van der Waals surface area contributed by atoms with Crippen molar-refractivity contribution < 1.29 is 23.1 Å². The molecule has 118 valence electrons. The quantitative estimate of drug-likeness (QED) is 0.383. The van der Waals surface area contributed by atoms with Crippen LogP contribution in [-0.4, -0.2) is 25.3 Å². The summed E-state index contributed by atoms with van der Waals surface area (Å²) in [6, 6.07) is 0. The van der Waals surface area contributed by atoms with Crippen LogP contribution in [-0.2, 0) is 23.1 Å². The molecule has 0 aromatic carbocycles. The molecule has 0 radical (unpaired) electrons. The first kappa shape index (κ1) is 19.2. The summed E-state index contributed by atoms with van der Waals surface area (Å²) >= 11 is 0. The van der Waals surface area contributed by atoms with E-state index in [1.54, 1.807) is 34.6 Å². The molecule has 0 amide bonds. The molecule has 0 saturated carbocycles. The van der Waals surface area contributed by atoms with Crippen molar-refractivity contribution in [2.75, 3.05) is 19.4 Å². The molecule has 0 aromatic rings. The van der Waals surface area contributed by atoms with E-state index in [1.807, 2.05) is 13.8 Å². The lowest BCUT2D eigenvalue weighted by Gasteiger charge is -2.29. The number of hydrogen-bond donors (Lipinski definition) is 0. The first-order chi connectivity index (χ1) is 9.14. The van der Waals surface area contributed by atoms with Crippen molar-refractivity contribution >= 4 is 13.6 Å². The molecule has 0 spiro atoms. The topological polar surface area (TPSA) is 61.8 Å². The van der Waals surface area contributed by atoms with Gasteiger partial charge in [-0.2, -0.15) is 0 Å². The van der Waals surface area contributed by atoms with Crippen molar-refractivity contribution in [2.24, 2.45) is 5.41 Å². The zero-order chi connectivity index (χ0) is 16.0. The van der Waals surface area contributed by atoms with Gasteiger partial charge in [-0.15, -0.1) is 0 Å². The summed E-state index contributed by atoms with van der Waals surface area (Å²) < 4.78 is 28.4. The monoisotopic (exact) mass is 306 g/mol. The Labute approximate surface area is 122 Å². The normalized spacial score (nSPS) is 14.3. The summed E-state index contributed by atoms with van der Waals surface area (Å²) in [5, 5.41) is 0. The van der Waals surface area contributed by atoms with E-state index in [4.69, 9.17) is 13.8 Å². The second kappa shape index (κ2) is 7.84. The van der Waals surface area contributed by atoms with Gasteiger partial charge in [0.1, 0.15) is 11.2 Å². The van der Waals surface area contributed by atoms with E-state index in [0.29, 0.717) is 12.4 Å². The lowest BCUT2D eigenvalue weighted by Crippen LogP contribution is -2.30. The molecule has 6 heteroatoms. The number of ether oxygens (including phenoxy) is 1. The highest BCUT2D eigenvalue weighted by Crippen LogP contribution is 2.53. The lowest BCUT2D eigenvalue weighted by molar-refractivity contribution is -0.152. The van der Waals surface area contributed by atoms with Gasteiger partial charge in [0.2, 0.25) is 0 Å². The highest BCUT2D eigenvalue weighted by atomic mass is 31.2. The van der Waals surface area contributed by atoms with Gasteiger partial charge in [0.05, 0.1) is 19.4 Å². The molecule has 0 N–H and O–H groups in total. The maximum atomic E-state index is 12.5. The summed E-state index contributed by atoms with van der Waals surface area (Å²) in [6.45, 7) is 12.8. The van der Waals surface area contributed by atoms with Crippen molar-refractivity contribution in [3.63, 3.8) is 0 Å². The van der Waals surface area contributed by atoms with E-state index in [1.165, 1.54) is 0 Å². The van der Waals surface area contributed by atoms with Crippen molar-refractivity contribution in [1.82, 2.24) is 0 Å². The van der Waals surface area contributed by atoms with Crippen LogP contribution >= 0.6 is 7.60 Å². The third-order valence-electron chi connectivity index (χ3n) is 2.75. The summed E-state index contributed by atoms with van der Waals surface area (Å²) in [5.74, 6) is -0.0510. The molecule has 0 saturated heterocycles. The van der Waals surface area contributed by atoms with Crippen LogP contribution < -0.4 is 0 Å². The number of carbonyl (C=O) groups is 1. The molecule has 0 fully saturated rings. The Morgan fingerprint density at radius 1 is 1.10 bits per heavy atom. The average molecular weight is 306 g/mol. The second-order valence-corrected chi connectivity index (χ2v) is 7.41. The molecule has 0 aliphatic rings. The maximum absolute atomic E-state index is 12.5. The maximum Gasteiger partial charge on any atom is 0.378 e. The molecule has 0 aromatic heterocycles. The summed E-state index contributed by atoms with van der Waals surface area (Å²) in [6.07, 6.45) is 0.247. The largest absolute Gasteiger partial charge is 0.465 e. The summed E-state index contributed by atoms with van der Waals surface area (Å²) in [5.41, 5.74) is -0.229. The molecule has 5 nitrogen and oxygen atoms in total. The molecule has 0 bridgehead atoms. The molecule has 0 heterocycles. The second-order valence-electron chi connectivity index (χ2n) is 5.11. The number of carbonyl (C=O) groups excluding carboxylic acids is 1. The fourth-order valence-corrected chi connectivity index (χ4v) is 3.20. The molecule has 1 atom stereocenters. The first-order valence-electron chi connectivity index (χ1n) is 6.92. The van der Waals surface area contributed by atoms with Crippen LogP contribution in [0.5, 0.6) is 0 Å². The highest BCUT2D eigenvalue weighted by molar-refractivity contribution is 7.53. The van der Waals surface area contributed by atoms with Gasteiger partial charge in [0.15, 0.2) is 0 Å². The fraction of sp³-hybridized carbons (Fsp3) is 0.786. The van der Waals surface area contributed by atoms with Crippen LogP contribution in [0.15, 0.2) is 11.3 Å². The standard InChI is InChI=1S/C14H27O5P/c1-8-17-13(15)14(6,7)12(11(4)5)19-20(16,10-3)18-9-2/h8-10H2,1-7H3/t20-/m1/s1. The molecule has 0 aliphatic heterocycles. The minimum absolute atomic E-state index is 0.247. The van der Waals surface area contributed by atoms with E-state index >= 15 is 0 Å². The van der Waals surface area contributed by atoms with E-state index < -0.39 is 19.0 Å². The predicted molar refractivity (Wildman–Crippen MR) is 79.6 cm³/mol. The SMILES string of the molecule is CCOC(=O)C(C)(C)C(O[P@@](=O)(CC)OCC)=C(C)C. The molecular weight excluding hydrogens is 279 g/mol. The smallest absolute Gasteiger partial charge is 0.378 e. The molecule has 0 rings (SSSR count). The number of allylic oxidation sites excluding steroid dienone is 1. The van der Waals surface area contributed by atoms with Gasteiger partial charge in [-0.1, -0.05) is 6.92 Å². The third-order valence-corrected chi connectivity index (χ3v) is 4.64. The van der Waals surface area contributed by atoms with Crippen molar-refractivity contribution in [3.8, 4) is 0 Å². The summed E-state index contributed by atoms with van der Waals surface area (Å²) in [4.78, 5) is 12.1. The van der Waals surface area contributed by atoms with Gasteiger partial charge in [-0.05, 0) is 47.1 Å². The Bertz CT molecular complexity index is 408. The van der Waals surface area contributed by atoms with Crippen molar-refractivity contribution in [2.45, 2.75) is 48.5 Å². The predicted octanol–water partition coefficient (Wildman–Crippen LogP) is 4.14. The molecule has 0 unspecified atom stereocenters. The van der Waals surface area contributed by atoms with Gasteiger partial charge in [-0.3, -0.25) is 4.79 Å². The van der Waals surface area contributed by atoms with Gasteiger partial charge >= 0.3 is 13.6 Å². The number of hydrogen-bond acceptors (Lipinski definition) is 5. The van der Waals surface area contributed by atoms with E-state index in [2.05, 4.69) is 0 Å². The highest BCUT2D eigenvalue weighted by Gasteiger charge is 2.40. The zero-order valence-electron chi connectivity index (χ0n) is 13.6. The van der Waals surface area contributed by atoms with E-state index in [-0.39, 0.29) is 12.8 Å². The van der Waals surface area contributed by atoms with E-state index in [0.717, 1.165) is 5.57 Å². The average Bonchev–Trinajstić information content (AvgIpc) is 2.36. The first-order valence-corrected chi connectivity index (χ1v) is 8.65. The van der Waals surface area contributed by atoms with Crippen LogP contribution in [0.2, 0.25) is 0 Å². The van der Waals surface area contributed by atoms with Crippen molar-refractivity contribution in [1.29, 1.82) is 0 Å². The zero-order valence-corrected chi connectivity index (χ0v) is 14.5. The van der Waals surface area contributed by atoms with Crippen LogP contribution in [0.25, 0.3) is 0 Å². The van der Waals surface area contributed by atoms with Crippen molar-refractivity contribution in [3.05, 3.63) is 11.3 Å². The Balaban J connectivity index is 5.44. The van der Waals surface area contributed by atoms with Crippen LogP contribution in [0.3, 0.4) is 0 Å². The van der Waals surface area contributed by atoms with Crippen LogP contribution in [0.1, 0.15) is 48.5 Å². The molecule has 0 aliphatic carbocycles. The minimum Gasteiger partial charge on any atom is -0.465 e. The van der Waals surface area contributed by atoms with Crippen LogP contribution in [0.4, 0.5) is 0 Å². The van der Waals surface area contributed by atoms with E-state index in [9.17, 15) is 9.36 Å². The van der Waals surface area contributed by atoms with Gasteiger partial charge in [0.25, 0.3) is 0 Å². The Kier molecular flexibility index (Phi) is 7.53. The summed E-state index contributed by atoms with van der Waals surface area (Å²) in [7, 11) is -3.23. The van der Waals surface area contributed by atoms with Gasteiger partial charge in [0, 0.05) is 0 Å². The third kappa shape index (κ3) is 4.95. The molecule has 20 heavy (non-hydrogen) atoms. The fourth-order valence-electron chi connectivity index (χ4n) is 1.75. The Morgan fingerprint density at radius 2 is 1.65 bits per heavy atom. The number of esters is 1. The van der Waals surface area contributed by atoms with Gasteiger partial charge < -0.3 is 13.8 Å². The number of rotatable bonds is 8. The lowest BCUT2D eigenvalue weighted by atomic mass is 9.89. The Morgan fingerprint density at radius 3 is 2.00 bits per heavy atom. The Hall–Kier alpha value is -0.800. The molecular formula is C14H27O5P. The van der Waals surface area contributed by atoms with Gasteiger partial charge in [-0.25, -0.2) is 4.57 Å². The van der Waals surface area contributed by atoms with Crippen LogP contribution in [0, 0.1) is 5.41 Å².